The molecule has 3 rings (SSSR count). The molecule has 2 heterocycles. The Hall–Kier alpha value is -1.43. The number of aromatic nitrogens is 2. The molecule has 1 aliphatic heterocycles. The number of ether oxygens (including phenoxy) is 1. The monoisotopic (exact) mass is 379 g/mol. The van der Waals surface area contributed by atoms with E-state index in [1.165, 1.54) is 6.07 Å². The average molecular weight is 380 g/mol. The lowest BCUT2D eigenvalue weighted by atomic mass is 9.74. The van der Waals surface area contributed by atoms with Gasteiger partial charge >= 0.3 is 0 Å². The van der Waals surface area contributed by atoms with Crippen molar-refractivity contribution < 1.29 is 9.13 Å². The average Bonchev–Trinajstić information content (AvgIpc) is 3.07. The van der Waals surface area contributed by atoms with Gasteiger partial charge in [-0.15, -0.1) is 0 Å². The van der Waals surface area contributed by atoms with Gasteiger partial charge in [-0.25, -0.2) is 9.37 Å². The van der Waals surface area contributed by atoms with Crippen molar-refractivity contribution in [2.45, 2.75) is 57.1 Å². The van der Waals surface area contributed by atoms with Crippen LogP contribution < -0.4 is 5.73 Å². The smallest absolute Gasteiger partial charge is 0.124 e. The summed E-state index contributed by atoms with van der Waals surface area (Å²) in [5.74, 6) is 1.08. The largest absolute Gasteiger partial charge is 0.376 e. The van der Waals surface area contributed by atoms with Crippen LogP contribution in [0.15, 0.2) is 30.6 Å². The number of nitrogens with two attached hydrogens (primary N) is 1. The topological polar surface area (TPSA) is 63.9 Å². The van der Waals surface area contributed by atoms with Crippen molar-refractivity contribution in [3.63, 3.8) is 0 Å². The molecule has 0 bridgehead atoms. The van der Waals surface area contributed by atoms with Crippen molar-refractivity contribution in [2.24, 2.45) is 11.7 Å². The highest BCUT2D eigenvalue weighted by Crippen LogP contribution is 2.42. The second kappa shape index (κ2) is 8.07. The Morgan fingerprint density at radius 3 is 2.85 bits per heavy atom. The van der Waals surface area contributed by atoms with Gasteiger partial charge in [0, 0.05) is 24.0 Å². The second-order valence-electron chi connectivity index (χ2n) is 7.83. The molecule has 3 N–H and O–H groups in total. The molecule has 0 amide bonds. The van der Waals surface area contributed by atoms with Crippen LogP contribution in [0.5, 0.6) is 0 Å². The van der Waals surface area contributed by atoms with E-state index < -0.39 is 0 Å². The Balaban J connectivity index is 1.81. The van der Waals surface area contributed by atoms with Crippen molar-refractivity contribution in [2.75, 3.05) is 6.61 Å². The third-order valence-electron chi connectivity index (χ3n) is 5.28. The molecule has 6 heteroatoms. The molecule has 0 radical (unpaired) electrons. The fraction of sp³-hybridized carbons (Fsp3) is 0.550. The summed E-state index contributed by atoms with van der Waals surface area (Å²) in [5.41, 5.74) is 7.07. The van der Waals surface area contributed by atoms with Gasteiger partial charge in [-0.05, 0) is 75.1 Å². The molecule has 3 atom stereocenters. The molecule has 0 aliphatic carbocycles. The first-order valence-corrected chi connectivity index (χ1v) is 9.57. The summed E-state index contributed by atoms with van der Waals surface area (Å²) in [6, 6.07) is 4.68. The van der Waals surface area contributed by atoms with Gasteiger partial charge in [-0.1, -0.05) is 11.6 Å². The van der Waals surface area contributed by atoms with Gasteiger partial charge in [0.2, 0.25) is 0 Å². The Labute approximate surface area is 159 Å². The molecule has 1 aliphatic rings. The van der Waals surface area contributed by atoms with Crippen molar-refractivity contribution in [3.05, 3.63) is 52.8 Å². The molecule has 2 aromatic rings. The lowest BCUT2D eigenvalue weighted by Crippen LogP contribution is -2.36. The zero-order valence-corrected chi connectivity index (χ0v) is 16.1. The minimum Gasteiger partial charge on any atom is -0.376 e. The van der Waals surface area contributed by atoms with E-state index in [-0.39, 0.29) is 23.4 Å². The summed E-state index contributed by atoms with van der Waals surface area (Å²) in [7, 11) is 0. The van der Waals surface area contributed by atoms with Crippen LogP contribution in [0.2, 0.25) is 5.02 Å². The minimum absolute atomic E-state index is 0.163. The molecule has 1 saturated heterocycles. The lowest BCUT2D eigenvalue weighted by molar-refractivity contribution is -0.0773. The van der Waals surface area contributed by atoms with E-state index >= 15 is 0 Å². The van der Waals surface area contributed by atoms with E-state index in [2.05, 4.69) is 23.8 Å². The van der Waals surface area contributed by atoms with Crippen LogP contribution >= 0.6 is 11.6 Å². The first-order valence-electron chi connectivity index (χ1n) is 9.19. The van der Waals surface area contributed by atoms with Gasteiger partial charge < -0.3 is 15.5 Å². The van der Waals surface area contributed by atoms with Gasteiger partial charge in [0.05, 0.1) is 11.6 Å². The highest BCUT2D eigenvalue weighted by Gasteiger charge is 2.34. The number of hydrogen-bond acceptors (Lipinski definition) is 3. The van der Waals surface area contributed by atoms with Crippen molar-refractivity contribution >= 4 is 11.6 Å². The summed E-state index contributed by atoms with van der Waals surface area (Å²) >= 11 is 6.13. The summed E-state index contributed by atoms with van der Waals surface area (Å²) in [4.78, 5) is 7.32. The van der Waals surface area contributed by atoms with E-state index in [0.717, 1.165) is 43.7 Å². The molecule has 4 nitrogen and oxygen atoms in total. The SMILES string of the molecule is CC1(C)C[C@H]([C@H](CCC(N)c2ncc[nH]2)c2cc(F)cc(Cl)c2)CCO1. The van der Waals surface area contributed by atoms with Crippen molar-refractivity contribution in [3.8, 4) is 0 Å². The quantitative estimate of drug-likeness (QED) is 0.744. The van der Waals surface area contributed by atoms with Crippen molar-refractivity contribution in [1.82, 2.24) is 9.97 Å². The number of nitrogens with one attached hydrogen (secondary N) is 1. The first kappa shape index (κ1) is 19.3. The molecule has 1 unspecified atom stereocenters. The maximum Gasteiger partial charge on any atom is 0.124 e. The maximum absolute atomic E-state index is 14.0. The van der Waals surface area contributed by atoms with Gasteiger partial charge in [0.15, 0.2) is 0 Å². The number of aromatic amines is 1. The molecule has 26 heavy (non-hydrogen) atoms. The number of rotatable bonds is 6. The predicted molar refractivity (Wildman–Crippen MR) is 102 cm³/mol. The van der Waals surface area contributed by atoms with Crippen LogP contribution in [0.4, 0.5) is 4.39 Å². The highest BCUT2D eigenvalue weighted by molar-refractivity contribution is 6.30. The van der Waals surface area contributed by atoms with Crippen LogP contribution in [0.3, 0.4) is 0 Å². The summed E-state index contributed by atoms with van der Waals surface area (Å²) in [5, 5.41) is 0.437. The minimum atomic E-state index is -0.292. The number of halogens is 2. The lowest BCUT2D eigenvalue weighted by Gasteiger charge is -2.39. The van der Waals surface area contributed by atoms with Gasteiger partial charge in [0.1, 0.15) is 11.6 Å². The Morgan fingerprint density at radius 1 is 1.38 bits per heavy atom. The van der Waals surface area contributed by atoms with E-state index in [1.807, 2.05) is 6.07 Å². The van der Waals surface area contributed by atoms with E-state index in [4.69, 9.17) is 22.1 Å². The normalized spacial score (nSPS) is 22.1. The molecule has 1 fully saturated rings. The Kier molecular flexibility index (Phi) is 6.00. The Bertz CT molecular complexity index is 700. The van der Waals surface area contributed by atoms with Crippen LogP contribution in [-0.4, -0.2) is 22.2 Å². The second-order valence-corrected chi connectivity index (χ2v) is 8.27. The van der Waals surface area contributed by atoms with E-state index in [9.17, 15) is 4.39 Å². The third kappa shape index (κ3) is 4.84. The predicted octanol–water partition coefficient (Wildman–Crippen LogP) is 4.97. The van der Waals surface area contributed by atoms with E-state index in [1.54, 1.807) is 18.5 Å². The van der Waals surface area contributed by atoms with Crippen LogP contribution in [0, 0.1) is 11.7 Å². The van der Waals surface area contributed by atoms with Crippen LogP contribution in [0.1, 0.15) is 62.9 Å². The van der Waals surface area contributed by atoms with Gasteiger partial charge in [-0.2, -0.15) is 0 Å². The maximum atomic E-state index is 14.0. The van der Waals surface area contributed by atoms with Gasteiger partial charge in [-0.3, -0.25) is 0 Å². The standard InChI is InChI=1S/C20H27ClFN3O/c1-20(2)12-13(5-8-26-20)17(14-9-15(21)11-16(22)10-14)3-4-18(23)19-24-6-7-25-19/h6-7,9-11,13,17-18H,3-5,8,12,23H2,1-2H3,(H,24,25)/t13-,17+,18?/m1/s1. The molecule has 0 saturated carbocycles. The zero-order valence-electron chi connectivity index (χ0n) is 15.3. The molecule has 0 spiro atoms. The Morgan fingerprint density at radius 2 is 2.19 bits per heavy atom. The number of nitrogens with zero attached hydrogens (tertiary/aromatic N) is 1. The summed E-state index contributed by atoms with van der Waals surface area (Å²) < 4.78 is 19.9. The highest BCUT2D eigenvalue weighted by atomic mass is 35.5. The molecule has 1 aromatic heterocycles. The third-order valence-corrected chi connectivity index (χ3v) is 5.49. The fourth-order valence-corrected chi connectivity index (χ4v) is 4.29. The number of H-pyrrole nitrogens is 1. The zero-order chi connectivity index (χ0) is 18.7. The van der Waals surface area contributed by atoms with Crippen molar-refractivity contribution in [1.29, 1.82) is 0 Å². The molecule has 142 valence electrons. The van der Waals surface area contributed by atoms with E-state index in [0.29, 0.717) is 10.9 Å². The van der Waals surface area contributed by atoms with Gasteiger partial charge in [0.25, 0.3) is 0 Å². The number of imidazole rings is 1. The molecular formula is C20H27ClFN3O. The number of benzene rings is 1. The first-order chi connectivity index (χ1) is 12.3. The molecular weight excluding hydrogens is 353 g/mol. The fourth-order valence-electron chi connectivity index (χ4n) is 4.06. The van der Waals surface area contributed by atoms with Crippen LogP contribution in [0.25, 0.3) is 0 Å². The molecule has 1 aromatic carbocycles. The summed E-state index contributed by atoms with van der Waals surface area (Å²) in [6.45, 7) is 4.95. The van der Waals surface area contributed by atoms with Crippen LogP contribution in [-0.2, 0) is 4.74 Å². The number of hydrogen-bond donors (Lipinski definition) is 2. The summed E-state index contributed by atoms with van der Waals surface area (Å²) in [6.07, 6.45) is 6.99.